The molecule has 2 heterocycles. The number of benzene rings is 2. The first-order valence-electron chi connectivity index (χ1n) is 10.3. The predicted octanol–water partition coefficient (Wildman–Crippen LogP) is 3.33. The summed E-state index contributed by atoms with van der Waals surface area (Å²) in [6, 6.07) is 8.38. The third kappa shape index (κ3) is 4.46. The number of sulfonamides is 1. The fourth-order valence-corrected chi connectivity index (χ4v) is 5.99. The van der Waals surface area contributed by atoms with E-state index in [4.69, 9.17) is 16.3 Å². The van der Waals surface area contributed by atoms with Crippen molar-refractivity contribution in [3.8, 4) is 5.75 Å². The number of anilines is 2. The zero-order valence-corrected chi connectivity index (χ0v) is 19.3. The van der Waals surface area contributed by atoms with Gasteiger partial charge in [0.2, 0.25) is 15.9 Å². The molecule has 170 valence electrons. The second kappa shape index (κ2) is 8.73. The Morgan fingerprint density at radius 1 is 1.25 bits per heavy atom. The highest BCUT2D eigenvalue weighted by molar-refractivity contribution is 7.89. The highest BCUT2D eigenvalue weighted by Crippen LogP contribution is 2.35. The number of piperidine rings is 1. The molecular formula is C22H24ClN3O5S. The first-order chi connectivity index (χ1) is 15.1. The van der Waals surface area contributed by atoms with Crippen LogP contribution in [0, 0.1) is 19.8 Å². The molecule has 0 bridgehead atoms. The molecule has 0 saturated carbocycles. The minimum atomic E-state index is -3.86. The Balaban J connectivity index is 1.53. The predicted molar refractivity (Wildman–Crippen MR) is 122 cm³/mol. The van der Waals surface area contributed by atoms with E-state index in [9.17, 15) is 18.0 Å². The van der Waals surface area contributed by atoms with Gasteiger partial charge in [0, 0.05) is 19.2 Å². The molecule has 0 radical (unpaired) electrons. The van der Waals surface area contributed by atoms with Crippen LogP contribution in [0.3, 0.4) is 0 Å². The second-order valence-electron chi connectivity index (χ2n) is 8.13. The molecule has 8 nitrogen and oxygen atoms in total. The van der Waals surface area contributed by atoms with Crippen molar-refractivity contribution in [2.75, 3.05) is 30.3 Å². The molecule has 2 amide bonds. The lowest BCUT2D eigenvalue weighted by Crippen LogP contribution is -2.44. The zero-order valence-electron chi connectivity index (χ0n) is 17.8. The summed E-state index contributed by atoms with van der Waals surface area (Å²) in [5.74, 6) is -0.728. The van der Waals surface area contributed by atoms with Crippen LogP contribution in [0.5, 0.6) is 5.75 Å². The normalized spacial score (nSPS) is 19.0. The topological polar surface area (TPSA) is 105 Å². The van der Waals surface area contributed by atoms with Crippen LogP contribution in [0.25, 0.3) is 0 Å². The summed E-state index contributed by atoms with van der Waals surface area (Å²) < 4.78 is 33.5. The van der Waals surface area contributed by atoms with Gasteiger partial charge in [0.05, 0.1) is 27.2 Å². The Kier molecular flexibility index (Phi) is 6.15. The maximum absolute atomic E-state index is 13.4. The fraction of sp³-hybridized carbons (Fsp3) is 0.364. The highest BCUT2D eigenvalue weighted by Gasteiger charge is 2.35. The van der Waals surface area contributed by atoms with E-state index in [1.807, 2.05) is 13.0 Å². The van der Waals surface area contributed by atoms with Crippen LogP contribution in [-0.2, 0) is 19.6 Å². The van der Waals surface area contributed by atoms with Gasteiger partial charge in [-0.3, -0.25) is 9.59 Å². The number of rotatable bonds is 4. The van der Waals surface area contributed by atoms with Crippen molar-refractivity contribution in [3.05, 3.63) is 46.5 Å². The Labute approximate surface area is 191 Å². The van der Waals surface area contributed by atoms with Crippen molar-refractivity contribution in [1.82, 2.24) is 4.31 Å². The molecule has 10 heteroatoms. The van der Waals surface area contributed by atoms with E-state index >= 15 is 0 Å². The van der Waals surface area contributed by atoms with Gasteiger partial charge in [0.1, 0.15) is 5.75 Å². The SMILES string of the molecule is Cc1ccc(NC(=O)[C@@H]2CCCN(S(=O)(=O)c3cc4c(cc3C)NC(=O)CO4)C2)c(Cl)c1. The van der Waals surface area contributed by atoms with Gasteiger partial charge in [0.15, 0.2) is 6.61 Å². The lowest BCUT2D eigenvalue weighted by molar-refractivity contribution is -0.121. The van der Waals surface area contributed by atoms with Gasteiger partial charge in [-0.2, -0.15) is 4.31 Å². The number of nitrogens with zero attached hydrogens (tertiary/aromatic N) is 1. The van der Waals surface area contributed by atoms with Crippen molar-refractivity contribution in [1.29, 1.82) is 0 Å². The molecule has 0 aromatic heterocycles. The summed E-state index contributed by atoms with van der Waals surface area (Å²) in [5, 5.41) is 5.94. The Morgan fingerprint density at radius 3 is 2.78 bits per heavy atom. The van der Waals surface area contributed by atoms with Crippen molar-refractivity contribution in [3.63, 3.8) is 0 Å². The molecule has 4 rings (SSSR count). The maximum Gasteiger partial charge on any atom is 0.262 e. The number of halogens is 1. The maximum atomic E-state index is 13.4. The van der Waals surface area contributed by atoms with Crippen LogP contribution < -0.4 is 15.4 Å². The highest BCUT2D eigenvalue weighted by atomic mass is 35.5. The molecular weight excluding hydrogens is 454 g/mol. The second-order valence-corrected chi connectivity index (χ2v) is 10.4. The molecule has 2 aromatic carbocycles. The molecule has 32 heavy (non-hydrogen) atoms. The molecule has 1 saturated heterocycles. The minimum Gasteiger partial charge on any atom is -0.482 e. The van der Waals surface area contributed by atoms with Crippen molar-refractivity contribution in [2.24, 2.45) is 5.92 Å². The van der Waals surface area contributed by atoms with Crippen LogP contribution >= 0.6 is 11.6 Å². The third-order valence-electron chi connectivity index (χ3n) is 5.67. The van der Waals surface area contributed by atoms with E-state index in [0.29, 0.717) is 47.1 Å². The number of carbonyl (C=O) groups is 2. The number of aryl methyl sites for hydroxylation is 2. The molecule has 2 N–H and O–H groups in total. The Bertz CT molecular complexity index is 1200. The summed E-state index contributed by atoms with van der Waals surface area (Å²) >= 11 is 6.22. The van der Waals surface area contributed by atoms with Crippen LogP contribution in [0.15, 0.2) is 35.2 Å². The van der Waals surface area contributed by atoms with Gasteiger partial charge in [-0.25, -0.2) is 8.42 Å². The van der Waals surface area contributed by atoms with E-state index in [1.165, 1.54) is 10.4 Å². The van der Waals surface area contributed by atoms with Crippen molar-refractivity contribution in [2.45, 2.75) is 31.6 Å². The number of fused-ring (bicyclic) bond motifs is 1. The van der Waals surface area contributed by atoms with Crippen LogP contribution in [0.1, 0.15) is 24.0 Å². The van der Waals surface area contributed by atoms with E-state index in [2.05, 4.69) is 10.6 Å². The summed E-state index contributed by atoms with van der Waals surface area (Å²) in [7, 11) is -3.86. The van der Waals surface area contributed by atoms with E-state index in [0.717, 1.165) is 5.56 Å². The molecule has 0 aliphatic carbocycles. The zero-order chi connectivity index (χ0) is 23.0. The molecule has 1 fully saturated rings. The van der Waals surface area contributed by atoms with Crippen molar-refractivity contribution >= 4 is 44.8 Å². The van der Waals surface area contributed by atoms with Gasteiger partial charge in [0.25, 0.3) is 5.91 Å². The van der Waals surface area contributed by atoms with Gasteiger partial charge in [-0.1, -0.05) is 17.7 Å². The first-order valence-corrected chi connectivity index (χ1v) is 12.1. The van der Waals surface area contributed by atoms with E-state index in [1.54, 1.807) is 25.1 Å². The number of hydrogen-bond acceptors (Lipinski definition) is 5. The first kappa shape index (κ1) is 22.6. The van der Waals surface area contributed by atoms with E-state index < -0.39 is 15.9 Å². The van der Waals surface area contributed by atoms with Gasteiger partial charge in [-0.05, 0) is 56.0 Å². The summed E-state index contributed by atoms with van der Waals surface area (Å²) in [5.41, 5.74) is 2.43. The monoisotopic (exact) mass is 477 g/mol. The minimum absolute atomic E-state index is 0.0752. The van der Waals surface area contributed by atoms with Crippen LogP contribution in [-0.4, -0.2) is 44.2 Å². The van der Waals surface area contributed by atoms with Gasteiger partial charge >= 0.3 is 0 Å². The smallest absolute Gasteiger partial charge is 0.262 e. The van der Waals surface area contributed by atoms with Crippen LogP contribution in [0.2, 0.25) is 5.02 Å². The largest absolute Gasteiger partial charge is 0.482 e. The molecule has 2 aromatic rings. The number of hydrogen-bond donors (Lipinski definition) is 2. The quantitative estimate of drug-likeness (QED) is 0.702. The lowest BCUT2D eigenvalue weighted by Gasteiger charge is -2.32. The fourth-order valence-electron chi connectivity index (χ4n) is 3.96. The van der Waals surface area contributed by atoms with Gasteiger partial charge < -0.3 is 15.4 Å². The molecule has 0 unspecified atom stereocenters. The Morgan fingerprint density at radius 2 is 2.03 bits per heavy atom. The van der Waals surface area contributed by atoms with Crippen LogP contribution in [0.4, 0.5) is 11.4 Å². The van der Waals surface area contributed by atoms with E-state index in [-0.39, 0.29) is 29.9 Å². The third-order valence-corrected chi connectivity index (χ3v) is 7.99. The van der Waals surface area contributed by atoms with Crippen molar-refractivity contribution < 1.29 is 22.7 Å². The number of carbonyl (C=O) groups excluding carboxylic acids is 2. The Hall–Kier alpha value is -2.62. The molecule has 2 aliphatic heterocycles. The standard InChI is InChI=1S/C22H24ClN3O5S/c1-13-5-6-17(16(23)8-13)25-22(28)15-4-3-7-26(11-15)32(29,30)20-10-19-18(9-14(20)2)24-21(27)12-31-19/h5-6,8-10,15H,3-4,7,11-12H2,1-2H3,(H,24,27)(H,25,28)/t15-/m1/s1. The summed E-state index contributed by atoms with van der Waals surface area (Å²) in [6.07, 6.45) is 1.15. The summed E-state index contributed by atoms with van der Waals surface area (Å²) in [4.78, 5) is 24.5. The number of amides is 2. The average molecular weight is 478 g/mol. The average Bonchev–Trinajstić information content (AvgIpc) is 2.75. The lowest BCUT2D eigenvalue weighted by atomic mass is 9.98. The number of nitrogens with one attached hydrogen (secondary N) is 2. The molecule has 2 aliphatic rings. The molecule has 0 spiro atoms. The van der Waals surface area contributed by atoms with Gasteiger partial charge in [-0.15, -0.1) is 0 Å². The number of ether oxygens (including phenoxy) is 1. The molecule has 1 atom stereocenters. The summed E-state index contributed by atoms with van der Waals surface area (Å²) in [6.45, 7) is 3.81.